The molecule has 0 bridgehead atoms. The number of rotatable bonds is 4. The van der Waals surface area contributed by atoms with Crippen molar-refractivity contribution in [1.29, 1.82) is 0 Å². The van der Waals surface area contributed by atoms with Crippen LogP contribution in [0.2, 0.25) is 0 Å². The second-order valence-electron chi connectivity index (χ2n) is 7.13. The molecular weight excluding hydrogens is 352 g/mol. The molecule has 7 heteroatoms. The highest BCUT2D eigenvalue weighted by Gasteiger charge is 2.26. The molecule has 0 atom stereocenters. The third-order valence-electron chi connectivity index (χ3n) is 5.28. The maximum Gasteiger partial charge on any atom is 0.329 e. The number of aromatic nitrogens is 4. The monoisotopic (exact) mass is 376 g/mol. The first-order chi connectivity index (χ1) is 13.7. The van der Waals surface area contributed by atoms with Crippen molar-refractivity contribution in [3.8, 4) is 11.3 Å². The number of hydrogen-bond donors (Lipinski definition) is 0. The van der Waals surface area contributed by atoms with Crippen molar-refractivity contribution in [2.24, 2.45) is 0 Å². The quantitative estimate of drug-likeness (QED) is 0.700. The fraction of sp³-hybridized carbons (Fsp3) is 0.333. The van der Waals surface area contributed by atoms with Gasteiger partial charge in [0.15, 0.2) is 0 Å². The summed E-state index contributed by atoms with van der Waals surface area (Å²) in [6.45, 7) is 2.79. The first-order valence-corrected chi connectivity index (χ1v) is 9.54. The van der Waals surface area contributed by atoms with E-state index in [1.807, 2.05) is 42.4 Å². The standard InChI is InChI=1S/C21H24N6O/c1-25(19-7-11-26(12-8-19)14-18-6-2-3-10-23-18)21(28)27-15-20(24-16-27)17-5-4-9-22-13-17/h2-6,9-10,13,15-16,19H,7-8,11-12,14H2,1H3. The Morgan fingerprint density at radius 3 is 2.71 bits per heavy atom. The van der Waals surface area contributed by atoms with Gasteiger partial charge in [-0.25, -0.2) is 9.78 Å². The molecule has 0 N–H and O–H groups in total. The van der Waals surface area contributed by atoms with Crippen LogP contribution in [0, 0.1) is 0 Å². The van der Waals surface area contributed by atoms with Crippen molar-refractivity contribution >= 4 is 6.03 Å². The van der Waals surface area contributed by atoms with E-state index in [4.69, 9.17) is 0 Å². The number of piperidine rings is 1. The van der Waals surface area contributed by atoms with Gasteiger partial charge in [0, 0.05) is 63.1 Å². The molecule has 4 rings (SSSR count). The normalized spacial score (nSPS) is 15.5. The Hall–Kier alpha value is -3.06. The summed E-state index contributed by atoms with van der Waals surface area (Å²) in [6.07, 6.45) is 10.6. The van der Waals surface area contributed by atoms with E-state index in [2.05, 4.69) is 25.9 Å². The second-order valence-corrected chi connectivity index (χ2v) is 7.13. The molecule has 1 aliphatic heterocycles. The number of carbonyl (C=O) groups excluding carboxylic acids is 1. The van der Waals surface area contributed by atoms with Gasteiger partial charge in [-0.1, -0.05) is 6.07 Å². The van der Waals surface area contributed by atoms with Gasteiger partial charge in [-0.2, -0.15) is 0 Å². The van der Waals surface area contributed by atoms with Crippen LogP contribution >= 0.6 is 0 Å². The van der Waals surface area contributed by atoms with Gasteiger partial charge in [0.25, 0.3) is 0 Å². The average molecular weight is 376 g/mol. The lowest BCUT2D eigenvalue weighted by molar-refractivity contribution is 0.131. The topological polar surface area (TPSA) is 67.2 Å². The van der Waals surface area contributed by atoms with Gasteiger partial charge in [-0.3, -0.25) is 19.4 Å². The van der Waals surface area contributed by atoms with Crippen LogP contribution < -0.4 is 0 Å². The highest BCUT2D eigenvalue weighted by molar-refractivity contribution is 5.78. The number of nitrogens with zero attached hydrogens (tertiary/aromatic N) is 6. The summed E-state index contributed by atoms with van der Waals surface area (Å²) in [7, 11) is 1.88. The Labute approximate surface area is 164 Å². The minimum absolute atomic E-state index is 0.0502. The van der Waals surface area contributed by atoms with E-state index < -0.39 is 0 Å². The van der Waals surface area contributed by atoms with Gasteiger partial charge in [-0.05, 0) is 37.1 Å². The van der Waals surface area contributed by atoms with Crippen LogP contribution in [0.1, 0.15) is 18.5 Å². The lowest BCUT2D eigenvalue weighted by Gasteiger charge is -2.36. The molecule has 7 nitrogen and oxygen atoms in total. The van der Waals surface area contributed by atoms with Crippen LogP contribution in [0.4, 0.5) is 4.79 Å². The summed E-state index contributed by atoms with van der Waals surface area (Å²) in [5.41, 5.74) is 2.74. The summed E-state index contributed by atoms with van der Waals surface area (Å²) >= 11 is 0. The summed E-state index contributed by atoms with van der Waals surface area (Å²) in [5, 5.41) is 0. The molecule has 3 aromatic rings. The Kier molecular flexibility index (Phi) is 5.43. The summed E-state index contributed by atoms with van der Waals surface area (Å²) in [6, 6.07) is 9.99. The van der Waals surface area contributed by atoms with Crippen LogP contribution in [0.5, 0.6) is 0 Å². The first-order valence-electron chi connectivity index (χ1n) is 9.54. The zero-order valence-corrected chi connectivity index (χ0v) is 16.0. The Balaban J connectivity index is 1.34. The molecule has 1 fully saturated rings. The van der Waals surface area contributed by atoms with E-state index >= 15 is 0 Å². The fourth-order valence-electron chi connectivity index (χ4n) is 3.61. The number of pyridine rings is 2. The fourth-order valence-corrected chi connectivity index (χ4v) is 3.61. The Morgan fingerprint density at radius 2 is 2.00 bits per heavy atom. The van der Waals surface area contributed by atoms with E-state index in [1.54, 1.807) is 29.5 Å². The molecule has 4 heterocycles. The van der Waals surface area contributed by atoms with E-state index in [9.17, 15) is 4.79 Å². The zero-order valence-electron chi connectivity index (χ0n) is 16.0. The molecule has 0 saturated carbocycles. The maximum absolute atomic E-state index is 12.9. The number of imidazole rings is 1. The smallest absolute Gasteiger partial charge is 0.324 e. The SMILES string of the molecule is CN(C(=O)n1cnc(-c2cccnc2)c1)C1CCN(Cc2ccccn2)CC1. The average Bonchev–Trinajstić information content (AvgIpc) is 3.25. The van der Waals surface area contributed by atoms with Gasteiger partial charge >= 0.3 is 6.03 Å². The van der Waals surface area contributed by atoms with Crippen molar-refractivity contribution in [3.05, 3.63) is 67.1 Å². The van der Waals surface area contributed by atoms with Crippen molar-refractivity contribution in [3.63, 3.8) is 0 Å². The van der Waals surface area contributed by atoms with Crippen molar-refractivity contribution < 1.29 is 4.79 Å². The van der Waals surface area contributed by atoms with Crippen LogP contribution in [0.15, 0.2) is 61.4 Å². The van der Waals surface area contributed by atoms with E-state index in [0.29, 0.717) is 0 Å². The highest BCUT2D eigenvalue weighted by Crippen LogP contribution is 2.19. The third kappa shape index (κ3) is 4.09. The van der Waals surface area contributed by atoms with Crippen LogP contribution in [-0.2, 0) is 6.54 Å². The minimum Gasteiger partial charge on any atom is -0.324 e. The molecular formula is C21H24N6O. The summed E-state index contributed by atoms with van der Waals surface area (Å²) < 4.78 is 1.56. The first kappa shape index (κ1) is 18.3. The number of amides is 1. The largest absolute Gasteiger partial charge is 0.329 e. The minimum atomic E-state index is -0.0502. The van der Waals surface area contributed by atoms with E-state index in [-0.39, 0.29) is 12.1 Å². The van der Waals surface area contributed by atoms with Gasteiger partial charge in [0.1, 0.15) is 6.33 Å². The molecule has 144 valence electrons. The number of carbonyl (C=O) groups is 1. The van der Waals surface area contributed by atoms with Crippen LogP contribution in [0.25, 0.3) is 11.3 Å². The summed E-state index contributed by atoms with van der Waals surface area (Å²) in [4.78, 5) is 30.0. The highest BCUT2D eigenvalue weighted by atomic mass is 16.2. The Bertz CT molecular complexity index is 903. The molecule has 1 aliphatic rings. The second kappa shape index (κ2) is 8.31. The maximum atomic E-state index is 12.9. The van der Waals surface area contributed by atoms with Crippen molar-refractivity contribution in [2.75, 3.05) is 20.1 Å². The van der Waals surface area contributed by atoms with Gasteiger partial charge < -0.3 is 4.90 Å². The van der Waals surface area contributed by atoms with Crippen LogP contribution in [-0.4, -0.2) is 61.5 Å². The molecule has 28 heavy (non-hydrogen) atoms. The molecule has 1 saturated heterocycles. The zero-order chi connectivity index (χ0) is 19.3. The van der Waals surface area contributed by atoms with Crippen molar-refractivity contribution in [2.45, 2.75) is 25.4 Å². The molecule has 0 radical (unpaired) electrons. The molecule has 0 spiro atoms. The van der Waals surface area contributed by atoms with E-state index in [0.717, 1.165) is 49.4 Å². The molecule has 1 amide bonds. The van der Waals surface area contributed by atoms with Gasteiger partial charge in [-0.15, -0.1) is 0 Å². The Morgan fingerprint density at radius 1 is 1.14 bits per heavy atom. The predicted molar refractivity (Wildman–Crippen MR) is 107 cm³/mol. The molecule has 0 aliphatic carbocycles. The number of hydrogen-bond acceptors (Lipinski definition) is 5. The molecule has 3 aromatic heterocycles. The van der Waals surface area contributed by atoms with Crippen molar-refractivity contribution in [1.82, 2.24) is 29.3 Å². The third-order valence-corrected chi connectivity index (χ3v) is 5.28. The lowest BCUT2D eigenvalue weighted by atomic mass is 10.0. The van der Waals surface area contributed by atoms with Gasteiger partial charge in [0.2, 0.25) is 0 Å². The van der Waals surface area contributed by atoms with Gasteiger partial charge in [0.05, 0.1) is 11.4 Å². The molecule has 0 unspecified atom stereocenters. The predicted octanol–water partition coefficient (Wildman–Crippen LogP) is 2.90. The van der Waals surface area contributed by atoms with Crippen LogP contribution in [0.3, 0.4) is 0 Å². The number of likely N-dealkylation sites (tertiary alicyclic amines) is 1. The molecule has 0 aromatic carbocycles. The lowest BCUT2D eigenvalue weighted by Crippen LogP contribution is -2.46. The summed E-state index contributed by atoms with van der Waals surface area (Å²) in [5.74, 6) is 0. The van der Waals surface area contributed by atoms with E-state index in [1.165, 1.54) is 0 Å².